The Bertz CT molecular complexity index is 66.3. The van der Waals surface area contributed by atoms with Gasteiger partial charge in [0, 0.05) is 6.54 Å². The molecule has 0 aliphatic carbocycles. The number of thiol groups is 1. The SMILES string of the molecule is CCCCC(CC)CNS. The summed E-state index contributed by atoms with van der Waals surface area (Å²) < 4.78 is 2.92. The third kappa shape index (κ3) is 5.12. The van der Waals surface area contributed by atoms with E-state index in [1.165, 1.54) is 25.7 Å². The molecule has 0 aliphatic rings. The standard InChI is InChI=1S/C8H19NS/c1-3-5-6-8(4-2)7-9-10/h8-10H,3-7H2,1-2H3. The van der Waals surface area contributed by atoms with Crippen molar-refractivity contribution < 1.29 is 0 Å². The van der Waals surface area contributed by atoms with E-state index < -0.39 is 0 Å². The summed E-state index contributed by atoms with van der Waals surface area (Å²) in [7, 11) is 0. The summed E-state index contributed by atoms with van der Waals surface area (Å²) in [5.74, 6) is 0.831. The molecule has 0 heterocycles. The molecule has 0 spiro atoms. The molecule has 0 rings (SSSR count). The zero-order valence-corrected chi connectivity index (χ0v) is 7.95. The summed E-state index contributed by atoms with van der Waals surface area (Å²) >= 11 is 3.99. The van der Waals surface area contributed by atoms with E-state index in [2.05, 4.69) is 31.4 Å². The third-order valence-electron chi connectivity index (χ3n) is 1.92. The molecule has 0 aromatic rings. The second-order valence-corrected chi connectivity index (χ2v) is 3.09. The Morgan fingerprint density at radius 1 is 1.40 bits per heavy atom. The Labute approximate surface area is 70.1 Å². The van der Waals surface area contributed by atoms with Gasteiger partial charge in [-0.05, 0) is 12.3 Å². The van der Waals surface area contributed by atoms with Crippen molar-refractivity contribution in [1.29, 1.82) is 0 Å². The molecule has 1 N–H and O–H groups in total. The van der Waals surface area contributed by atoms with E-state index in [9.17, 15) is 0 Å². The first-order valence-corrected chi connectivity index (χ1v) is 4.66. The minimum Gasteiger partial charge on any atom is -0.267 e. The average molecular weight is 161 g/mol. The first kappa shape index (κ1) is 10.3. The van der Waals surface area contributed by atoms with Gasteiger partial charge in [0.15, 0.2) is 0 Å². The van der Waals surface area contributed by atoms with Crippen LogP contribution in [0.4, 0.5) is 0 Å². The molecule has 0 aliphatic heterocycles. The van der Waals surface area contributed by atoms with Crippen LogP contribution in [0.5, 0.6) is 0 Å². The summed E-state index contributed by atoms with van der Waals surface area (Å²) in [5, 5.41) is 0. The fourth-order valence-electron chi connectivity index (χ4n) is 1.07. The van der Waals surface area contributed by atoms with Gasteiger partial charge in [0.25, 0.3) is 0 Å². The molecular weight excluding hydrogens is 142 g/mol. The molecule has 0 radical (unpaired) electrons. The number of nitrogens with one attached hydrogen (secondary N) is 1. The molecule has 0 fully saturated rings. The predicted octanol–water partition coefficient (Wildman–Crippen LogP) is 2.64. The van der Waals surface area contributed by atoms with Crippen molar-refractivity contribution in [2.24, 2.45) is 5.92 Å². The molecule has 0 amide bonds. The van der Waals surface area contributed by atoms with E-state index in [1.54, 1.807) is 0 Å². The van der Waals surface area contributed by atoms with Crippen LogP contribution in [-0.4, -0.2) is 6.54 Å². The van der Waals surface area contributed by atoms with Crippen molar-refractivity contribution in [2.45, 2.75) is 39.5 Å². The highest BCUT2D eigenvalue weighted by molar-refractivity contribution is 7.78. The summed E-state index contributed by atoms with van der Waals surface area (Å²) in [4.78, 5) is 0. The Balaban J connectivity index is 3.21. The number of unbranched alkanes of at least 4 members (excludes halogenated alkanes) is 1. The molecule has 10 heavy (non-hydrogen) atoms. The largest absolute Gasteiger partial charge is 0.267 e. The lowest BCUT2D eigenvalue weighted by Gasteiger charge is -2.12. The molecular formula is C8H19NS. The van der Waals surface area contributed by atoms with Crippen molar-refractivity contribution in [2.75, 3.05) is 6.54 Å². The Hall–Kier alpha value is 0.310. The van der Waals surface area contributed by atoms with Crippen LogP contribution in [-0.2, 0) is 0 Å². The molecule has 0 aromatic carbocycles. The van der Waals surface area contributed by atoms with Crippen molar-refractivity contribution in [3.63, 3.8) is 0 Å². The van der Waals surface area contributed by atoms with Crippen LogP contribution < -0.4 is 4.72 Å². The summed E-state index contributed by atoms with van der Waals surface area (Å²) in [6.45, 7) is 5.53. The first-order chi connectivity index (χ1) is 4.85. The van der Waals surface area contributed by atoms with Crippen LogP contribution in [0, 0.1) is 5.92 Å². The highest BCUT2D eigenvalue weighted by atomic mass is 32.1. The van der Waals surface area contributed by atoms with Crippen molar-refractivity contribution in [3.05, 3.63) is 0 Å². The number of hydrogen-bond acceptors (Lipinski definition) is 2. The van der Waals surface area contributed by atoms with Gasteiger partial charge in [0.1, 0.15) is 0 Å². The van der Waals surface area contributed by atoms with Gasteiger partial charge in [-0.15, -0.1) is 0 Å². The van der Waals surface area contributed by atoms with Gasteiger partial charge in [-0.25, -0.2) is 0 Å². The van der Waals surface area contributed by atoms with Crippen LogP contribution in [0.3, 0.4) is 0 Å². The van der Waals surface area contributed by atoms with E-state index in [4.69, 9.17) is 0 Å². The van der Waals surface area contributed by atoms with Gasteiger partial charge in [0.2, 0.25) is 0 Å². The highest BCUT2D eigenvalue weighted by Crippen LogP contribution is 2.10. The van der Waals surface area contributed by atoms with E-state index >= 15 is 0 Å². The lowest BCUT2D eigenvalue weighted by molar-refractivity contribution is 0.452. The van der Waals surface area contributed by atoms with Gasteiger partial charge >= 0.3 is 0 Å². The van der Waals surface area contributed by atoms with E-state index in [1.807, 2.05) is 0 Å². The Kier molecular flexibility index (Phi) is 7.65. The maximum atomic E-state index is 3.99. The Morgan fingerprint density at radius 2 is 2.10 bits per heavy atom. The minimum atomic E-state index is 0.831. The second-order valence-electron chi connectivity index (χ2n) is 2.78. The lowest BCUT2D eigenvalue weighted by Crippen LogP contribution is -2.13. The van der Waals surface area contributed by atoms with E-state index in [-0.39, 0.29) is 0 Å². The Morgan fingerprint density at radius 3 is 2.50 bits per heavy atom. The topological polar surface area (TPSA) is 12.0 Å². The summed E-state index contributed by atoms with van der Waals surface area (Å²) in [5.41, 5.74) is 0. The molecule has 0 aromatic heterocycles. The van der Waals surface area contributed by atoms with Gasteiger partial charge in [-0.3, -0.25) is 4.72 Å². The van der Waals surface area contributed by atoms with Gasteiger partial charge in [-0.1, -0.05) is 45.9 Å². The minimum absolute atomic E-state index is 0.831. The molecule has 0 bridgehead atoms. The number of hydrogen-bond donors (Lipinski definition) is 2. The first-order valence-electron chi connectivity index (χ1n) is 4.22. The normalized spacial score (nSPS) is 13.5. The molecule has 62 valence electrons. The quantitative estimate of drug-likeness (QED) is 0.571. The van der Waals surface area contributed by atoms with E-state index in [0.717, 1.165) is 12.5 Å². The maximum absolute atomic E-state index is 3.99. The van der Waals surface area contributed by atoms with E-state index in [0.29, 0.717) is 0 Å². The predicted molar refractivity (Wildman–Crippen MR) is 50.3 cm³/mol. The van der Waals surface area contributed by atoms with Crippen LogP contribution in [0.1, 0.15) is 39.5 Å². The monoisotopic (exact) mass is 161 g/mol. The summed E-state index contributed by atoms with van der Waals surface area (Å²) in [6.07, 6.45) is 5.28. The smallest absolute Gasteiger partial charge is 0.00844 e. The van der Waals surface area contributed by atoms with Gasteiger partial charge in [0.05, 0.1) is 0 Å². The summed E-state index contributed by atoms with van der Waals surface area (Å²) in [6, 6.07) is 0. The maximum Gasteiger partial charge on any atom is 0.00844 e. The van der Waals surface area contributed by atoms with Crippen molar-refractivity contribution in [1.82, 2.24) is 4.72 Å². The van der Waals surface area contributed by atoms with Crippen LogP contribution in [0.15, 0.2) is 0 Å². The fraction of sp³-hybridized carbons (Fsp3) is 1.00. The lowest BCUT2D eigenvalue weighted by atomic mass is 10.00. The molecule has 1 atom stereocenters. The molecule has 1 unspecified atom stereocenters. The van der Waals surface area contributed by atoms with Crippen molar-refractivity contribution in [3.8, 4) is 0 Å². The molecule has 0 saturated heterocycles. The van der Waals surface area contributed by atoms with Crippen molar-refractivity contribution >= 4 is 12.8 Å². The second kappa shape index (κ2) is 7.42. The number of rotatable bonds is 6. The third-order valence-corrected chi connectivity index (χ3v) is 2.11. The van der Waals surface area contributed by atoms with Gasteiger partial charge < -0.3 is 0 Å². The van der Waals surface area contributed by atoms with Crippen LogP contribution in [0.25, 0.3) is 0 Å². The molecule has 0 saturated carbocycles. The van der Waals surface area contributed by atoms with Gasteiger partial charge in [-0.2, -0.15) is 0 Å². The molecule has 1 nitrogen and oxygen atoms in total. The van der Waals surface area contributed by atoms with Crippen LogP contribution in [0.2, 0.25) is 0 Å². The molecule has 2 heteroatoms. The fourth-order valence-corrected chi connectivity index (χ4v) is 1.33. The highest BCUT2D eigenvalue weighted by Gasteiger charge is 2.02. The average Bonchev–Trinajstić information content (AvgIpc) is 1.98. The van der Waals surface area contributed by atoms with Crippen LogP contribution >= 0.6 is 12.8 Å². The zero-order valence-electron chi connectivity index (χ0n) is 7.06. The zero-order chi connectivity index (χ0) is 7.82.